The van der Waals surface area contributed by atoms with Gasteiger partial charge < -0.3 is 15.0 Å². The van der Waals surface area contributed by atoms with Gasteiger partial charge in [0.05, 0.1) is 24.5 Å². The van der Waals surface area contributed by atoms with Crippen molar-refractivity contribution in [2.24, 2.45) is 7.05 Å². The first-order chi connectivity index (χ1) is 15.1. The van der Waals surface area contributed by atoms with Gasteiger partial charge in [-0.05, 0) is 48.6 Å². The maximum Gasteiger partial charge on any atom is 0.325 e. The minimum atomic E-state index is -2.84. The number of ketones is 1. The number of aliphatic hydroxyl groups excluding tert-OH is 1. The van der Waals surface area contributed by atoms with Crippen LogP contribution in [0.5, 0.6) is 0 Å². The molecule has 2 heterocycles. The van der Waals surface area contributed by atoms with Crippen LogP contribution in [0.25, 0.3) is 11.3 Å². The van der Waals surface area contributed by atoms with Crippen molar-refractivity contribution in [1.29, 1.82) is 0 Å². The third kappa shape index (κ3) is 3.70. The Morgan fingerprint density at radius 1 is 1.16 bits per heavy atom. The molecule has 2 N–H and O–H groups in total. The molecule has 2 aliphatic rings. The number of aryl methyl sites for hydroxylation is 1. The van der Waals surface area contributed by atoms with Gasteiger partial charge in [-0.3, -0.25) is 14.5 Å². The van der Waals surface area contributed by atoms with Crippen LogP contribution in [0.1, 0.15) is 47.3 Å². The van der Waals surface area contributed by atoms with Crippen LogP contribution in [-0.2, 0) is 18.4 Å². The van der Waals surface area contributed by atoms with Crippen molar-refractivity contribution < 1.29 is 28.3 Å². The van der Waals surface area contributed by atoms with Crippen LogP contribution in [0.2, 0.25) is 0 Å². The Labute approximate surface area is 184 Å². The molecular weight excluding hydrogens is 420 g/mol. The summed E-state index contributed by atoms with van der Waals surface area (Å²) < 4.78 is 28.8. The quantitative estimate of drug-likeness (QED) is 0.546. The highest BCUT2D eigenvalue weighted by Crippen LogP contribution is 2.41. The van der Waals surface area contributed by atoms with Crippen LogP contribution in [0.4, 0.5) is 13.6 Å². The standard InChI is InChI=1S/C23H25F2N3O4/c1-14-10-17(27(2)19(14)16-5-3-4-15(11-16)13-29)18(30)12-28-20(31)22(26-21(28)32)6-8-23(24,25)9-7-22/h3-5,10-11,29H,6-9,12-13H2,1-2H3,(H,26,32). The molecule has 170 valence electrons. The second kappa shape index (κ2) is 7.81. The zero-order valence-corrected chi connectivity index (χ0v) is 18.0. The average Bonchev–Trinajstić information content (AvgIpc) is 3.18. The van der Waals surface area contributed by atoms with Crippen LogP contribution in [0.15, 0.2) is 30.3 Å². The Morgan fingerprint density at radius 3 is 2.50 bits per heavy atom. The lowest BCUT2D eigenvalue weighted by molar-refractivity contribution is -0.135. The summed E-state index contributed by atoms with van der Waals surface area (Å²) in [6.45, 7) is 1.28. The molecule has 0 unspecified atom stereocenters. The lowest BCUT2D eigenvalue weighted by Crippen LogP contribution is -2.51. The summed E-state index contributed by atoms with van der Waals surface area (Å²) in [5.41, 5.74) is 2.15. The van der Waals surface area contributed by atoms with Crippen molar-refractivity contribution >= 4 is 17.7 Å². The van der Waals surface area contributed by atoms with Gasteiger partial charge in [0, 0.05) is 19.9 Å². The molecule has 0 bridgehead atoms. The number of hydrogen-bond acceptors (Lipinski definition) is 4. The summed E-state index contributed by atoms with van der Waals surface area (Å²) in [6, 6.07) is 8.28. The van der Waals surface area contributed by atoms with Gasteiger partial charge >= 0.3 is 6.03 Å². The van der Waals surface area contributed by atoms with Crippen molar-refractivity contribution in [2.75, 3.05) is 6.54 Å². The summed E-state index contributed by atoms with van der Waals surface area (Å²) in [4.78, 5) is 39.3. The van der Waals surface area contributed by atoms with E-state index in [1.165, 1.54) is 0 Å². The van der Waals surface area contributed by atoms with Crippen LogP contribution >= 0.6 is 0 Å². The Morgan fingerprint density at radius 2 is 1.84 bits per heavy atom. The van der Waals surface area contributed by atoms with Gasteiger partial charge in [-0.15, -0.1) is 0 Å². The van der Waals surface area contributed by atoms with Crippen molar-refractivity contribution in [1.82, 2.24) is 14.8 Å². The maximum atomic E-state index is 13.6. The topological polar surface area (TPSA) is 91.6 Å². The molecule has 1 aromatic carbocycles. The van der Waals surface area contributed by atoms with Gasteiger partial charge in [0.25, 0.3) is 5.91 Å². The number of hydrogen-bond donors (Lipinski definition) is 2. The molecule has 1 spiro atoms. The molecule has 1 saturated carbocycles. The van der Waals surface area contributed by atoms with Crippen molar-refractivity contribution in [3.8, 4) is 11.3 Å². The first-order valence-corrected chi connectivity index (χ1v) is 10.5. The summed E-state index contributed by atoms with van der Waals surface area (Å²) in [6.07, 6.45) is -1.25. The van der Waals surface area contributed by atoms with Gasteiger partial charge in [-0.25, -0.2) is 13.6 Å². The SMILES string of the molecule is Cc1cc(C(=O)CN2C(=O)NC3(CCC(F)(F)CC3)C2=O)n(C)c1-c1cccc(CO)c1. The molecule has 32 heavy (non-hydrogen) atoms. The molecule has 2 aromatic rings. The third-order valence-corrected chi connectivity index (χ3v) is 6.47. The van der Waals surface area contributed by atoms with Gasteiger partial charge in [-0.1, -0.05) is 18.2 Å². The number of urea groups is 1. The second-order valence-electron chi connectivity index (χ2n) is 8.66. The summed E-state index contributed by atoms with van der Waals surface area (Å²) in [7, 11) is 1.72. The monoisotopic (exact) mass is 445 g/mol. The molecular formula is C23H25F2N3O4. The molecule has 0 atom stereocenters. The number of amides is 3. The van der Waals surface area contributed by atoms with E-state index in [1.54, 1.807) is 23.7 Å². The minimum Gasteiger partial charge on any atom is -0.392 e. The minimum absolute atomic E-state index is 0.108. The second-order valence-corrected chi connectivity index (χ2v) is 8.66. The fourth-order valence-corrected chi connectivity index (χ4v) is 4.69. The van der Waals surface area contributed by atoms with E-state index >= 15 is 0 Å². The van der Waals surface area contributed by atoms with Crippen LogP contribution in [0.3, 0.4) is 0 Å². The predicted octanol–water partition coefficient (Wildman–Crippen LogP) is 3.18. The maximum absolute atomic E-state index is 13.6. The van der Waals surface area contributed by atoms with E-state index in [-0.39, 0.29) is 19.4 Å². The highest BCUT2D eigenvalue weighted by Gasteiger charge is 2.55. The Bertz CT molecular complexity index is 1100. The smallest absolute Gasteiger partial charge is 0.325 e. The zero-order valence-electron chi connectivity index (χ0n) is 18.0. The number of halogens is 2. The van der Waals surface area contributed by atoms with Crippen LogP contribution in [-0.4, -0.2) is 50.3 Å². The zero-order chi connectivity index (χ0) is 23.3. The number of imide groups is 1. The largest absolute Gasteiger partial charge is 0.392 e. The fourth-order valence-electron chi connectivity index (χ4n) is 4.69. The summed E-state index contributed by atoms with van der Waals surface area (Å²) in [5.74, 6) is -3.89. The molecule has 3 amide bonds. The number of aliphatic hydroxyl groups is 1. The van der Waals surface area contributed by atoms with E-state index < -0.39 is 48.6 Å². The molecule has 1 aliphatic carbocycles. The van der Waals surface area contributed by atoms with Crippen LogP contribution < -0.4 is 5.32 Å². The number of carbonyl (C=O) groups is 3. The number of aromatic nitrogens is 1. The first-order valence-electron chi connectivity index (χ1n) is 10.5. The van der Waals surface area contributed by atoms with Crippen molar-refractivity contribution in [3.05, 3.63) is 47.2 Å². The highest BCUT2D eigenvalue weighted by molar-refractivity contribution is 6.11. The molecule has 1 aliphatic heterocycles. The summed E-state index contributed by atoms with van der Waals surface area (Å²) in [5, 5.41) is 12.0. The van der Waals surface area contributed by atoms with Gasteiger partial charge in [0.2, 0.25) is 5.92 Å². The summed E-state index contributed by atoms with van der Waals surface area (Å²) >= 11 is 0. The first kappa shape index (κ1) is 22.1. The Balaban J connectivity index is 1.56. The van der Waals surface area contributed by atoms with Crippen LogP contribution in [0, 0.1) is 6.92 Å². The van der Waals surface area contributed by atoms with Gasteiger partial charge in [0.15, 0.2) is 5.78 Å². The Hall–Kier alpha value is -3.07. The van der Waals surface area contributed by atoms with E-state index in [4.69, 9.17) is 0 Å². The molecule has 1 aromatic heterocycles. The predicted molar refractivity (Wildman–Crippen MR) is 112 cm³/mol. The lowest BCUT2D eigenvalue weighted by Gasteiger charge is -2.34. The van der Waals surface area contributed by atoms with Gasteiger partial charge in [-0.2, -0.15) is 0 Å². The van der Waals surface area contributed by atoms with Crippen molar-refractivity contribution in [2.45, 2.75) is 50.7 Å². The lowest BCUT2D eigenvalue weighted by atomic mass is 9.80. The van der Waals surface area contributed by atoms with E-state index in [1.807, 2.05) is 25.1 Å². The molecule has 2 fully saturated rings. The number of alkyl halides is 2. The fraction of sp³-hybridized carbons (Fsp3) is 0.435. The van der Waals surface area contributed by atoms with E-state index in [9.17, 15) is 28.3 Å². The number of benzene rings is 1. The van der Waals surface area contributed by atoms with E-state index in [0.29, 0.717) is 5.69 Å². The third-order valence-electron chi connectivity index (χ3n) is 6.47. The van der Waals surface area contributed by atoms with E-state index in [2.05, 4.69) is 5.32 Å². The number of rotatable bonds is 5. The molecule has 9 heteroatoms. The number of carbonyl (C=O) groups excluding carboxylic acids is 3. The molecule has 4 rings (SSSR count). The number of Topliss-reactive ketones (excluding diaryl/α,β-unsaturated/α-hetero) is 1. The molecule has 0 radical (unpaired) electrons. The molecule has 7 nitrogen and oxygen atoms in total. The highest BCUT2D eigenvalue weighted by atomic mass is 19.3. The van der Waals surface area contributed by atoms with E-state index in [0.717, 1.165) is 27.3 Å². The molecule has 1 saturated heterocycles. The Kier molecular flexibility index (Phi) is 5.40. The number of nitrogens with one attached hydrogen (secondary N) is 1. The van der Waals surface area contributed by atoms with Gasteiger partial charge in [0.1, 0.15) is 5.54 Å². The normalized spacial score (nSPS) is 19.5. The average molecular weight is 445 g/mol. The number of nitrogens with zero attached hydrogens (tertiary/aromatic N) is 2. The van der Waals surface area contributed by atoms with Crippen molar-refractivity contribution in [3.63, 3.8) is 0 Å².